The lowest BCUT2D eigenvalue weighted by molar-refractivity contribution is 0.0768. The van der Waals surface area contributed by atoms with E-state index in [0.717, 1.165) is 9.87 Å². The Kier molecular flexibility index (Phi) is 9.57. The van der Waals surface area contributed by atoms with E-state index >= 15 is 0 Å². The second kappa shape index (κ2) is 12.2. The maximum absolute atomic E-state index is 13.4. The van der Waals surface area contributed by atoms with Crippen LogP contribution in [0.15, 0.2) is 59.5 Å². The minimum Gasteiger partial charge on any atom is -0.508 e. The third-order valence-electron chi connectivity index (χ3n) is 5.96. The number of hydrogen-bond acceptors (Lipinski definition) is 8. The molecule has 1 saturated heterocycles. The molecule has 3 N–H and O–H groups in total. The summed E-state index contributed by atoms with van der Waals surface area (Å²) in [6, 6.07) is 13.3. The van der Waals surface area contributed by atoms with Crippen molar-refractivity contribution >= 4 is 26.0 Å². The van der Waals surface area contributed by atoms with Crippen LogP contribution in [0.25, 0.3) is 0 Å². The summed E-state index contributed by atoms with van der Waals surface area (Å²) in [6.45, 7) is 3.50. The molecule has 0 unspecified atom stereocenters. The number of amides is 1. The molecule has 0 aromatic heterocycles. The molecule has 0 radical (unpaired) electrons. The standard InChI is InChI=1S/C25H34N2O8S2/c1-18(2)15-27(37(33,34)22-10-8-20(28)9-11-22)16-24(29)23(14-19-6-4-3-5-7-19)26-25(30)35-21-12-13-36(31,32)17-21/h3-11,18,21,23-24,28-29H,12-17H2,1-2H3,(H,26,30)/t21-,23-,24+/m0/s1. The molecule has 3 atom stereocenters. The number of nitrogens with one attached hydrogen (secondary N) is 1. The number of carbonyl (C=O) groups is 1. The summed E-state index contributed by atoms with van der Waals surface area (Å²) in [6.07, 6.45) is -2.57. The van der Waals surface area contributed by atoms with Crippen molar-refractivity contribution in [2.45, 2.75) is 49.8 Å². The van der Waals surface area contributed by atoms with Gasteiger partial charge >= 0.3 is 6.09 Å². The second-order valence-corrected chi connectivity index (χ2v) is 13.8. The molecule has 3 rings (SSSR count). The molecule has 0 bridgehead atoms. The van der Waals surface area contributed by atoms with Crippen LogP contribution < -0.4 is 5.32 Å². The molecule has 2 aromatic carbocycles. The number of phenols is 1. The average Bonchev–Trinajstić information content (AvgIpc) is 3.16. The largest absolute Gasteiger partial charge is 0.508 e. The summed E-state index contributed by atoms with van der Waals surface area (Å²) in [7, 11) is -7.27. The first-order chi connectivity index (χ1) is 17.4. The predicted octanol–water partition coefficient (Wildman–Crippen LogP) is 1.92. The molecular weight excluding hydrogens is 520 g/mol. The van der Waals surface area contributed by atoms with E-state index in [4.69, 9.17) is 4.74 Å². The van der Waals surface area contributed by atoms with Gasteiger partial charge in [0.2, 0.25) is 10.0 Å². The van der Waals surface area contributed by atoms with E-state index in [0.29, 0.717) is 0 Å². The van der Waals surface area contributed by atoms with Gasteiger partial charge in [-0.3, -0.25) is 0 Å². The van der Waals surface area contributed by atoms with Crippen molar-refractivity contribution in [3.8, 4) is 5.75 Å². The fourth-order valence-corrected chi connectivity index (χ4v) is 7.33. The van der Waals surface area contributed by atoms with Crippen LogP contribution in [0.3, 0.4) is 0 Å². The Morgan fingerprint density at radius 2 is 1.76 bits per heavy atom. The number of hydrogen-bond donors (Lipinski definition) is 3. The number of alkyl carbamates (subject to hydrolysis) is 1. The van der Waals surface area contributed by atoms with Crippen LogP contribution in [0.2, 0.25) is 0 Å². The van der Waals surface area contributed by atoms with Gasteiger partial charge in [-0.25, -0.2) is 21.6 Å². The van der Waals surface area contributed by atoms with Gasteiger partial charge in [0, 0.05) is 13.1 Å². The number of aromatic hydroxyl groups is 1. The maximum atomic E-state index is 13.4. The number of ether oxygens (including phenoxy) is 1. The van der Waals surface area contributed by atoms with E-state index < -0.39 is 44.2 Å². The van der Waals surface area contributed by atoms with Gasteiger partial charge in [0.15, 0.2) is 9.84 Å². The van der Waals surface area contributed by atoms with E-state index in [1.807, 2.05) is 32.0 Å². The van der Waals surface area contributed by atoms with Crippen LogP contribution in [-0.4, -0.2) is 80.3 Å². The Morgan fingerprint density at radius 3 is 2.32 bits per heavy atom. The molecule has 1 heterocycles. The zero-order chi connectivity index (χ0) is 27.2. The van der Waals surface area contributed by atoms with Gasteiger partial charge < -0.3 is 20.3 Å². The normalized spacial score (nSPS) is 19.0. The average molecular weight is 555 g/mol. The van der Waals surface area contributed by atoms with Crippen molar-refractivity contribution in [2.75, 3.05) is 24.6 Å². The monoisotopic (exact) mass is 554 g/mol. The first-order valence-electron chi connectivity index (χ1n) is 12.0. The fourth-order valence-electron chi connectivity index (χ4n) is 4.12. The van der Waals surface area contributed by atoms with E-state index in [2.05, 4.69) is 5.32 Å². The summed E-state index contributed by atoms with van der Waals surface area (Å²) in [5.41, 5.74) is 0.798. The van der Waals surface area contributed by atoms with Crippen LogP contribution in [0.1, 0.15) is 25.8 Å². The quantitative estimate of drug-likeness (QED) is 0.381. The van der Waals surface area contributed by atoms with Gasteiger partial charge in [-0.15, -0.1) is 0 Å². The molecule has 1 fully saturated rings. The lowest BCUT2D eigenvalue weighted by Gasteiger charge is -2.30. The summed E-state index contributed by atoms with van der Waals surface area (Å²) in [4.78, 5) is 12.6. The minimum absolute atomic E-state index is 0.0347. The van der Waals surface area contributed by atoms with Gasteiger partial charge in [-0.2, -0.15) is 4.31 Å². The van der Waals surface area contributed by atoms with Crippen molar-refractivity contribution in [1.29, 1.82) is 0 Å². The summed E-state index contributed by atoms with van der Waals surface area (Å²) in [5, 5.41) is 23.4. The van der Waals surface area contributed by atoms with Crippen LogP contribution in [0.4, 0.5) is 4.79 Å². The number of aliphatic hydroxyl groups is 1. The van der Waals surface area contributed by atoms with E-state index in [9.17, 15) is 31.8 Å². The summed E-state index contributed by atoms with van der Waals surface area (Å²) in [5.74, 6) is -0.441. The molecule has 0 saturated carbocycles. The predicted molar refractivity (Wildman–Crippen MR) is 138 cm³/mol. The molecule has 0 aliphatic carbocycles. The van der Waals surface area contributed by atoms with Crippen molar-refractivity contribution in [2.24, 2.45) is 5.92 Å². The highest BCUT2D eigenvalue weighted by Gasteiger charge is 2.34. The summed E-state index contributed by atoms with van der Waals surface area (Å²) < 4.78 is 56.6. The molecular formula is C25H34N2O8S2. The Bertz CT molecular complexity index is 1250. The molecule has 1 aliphatic rings. The van der Waals surface area contributed by atoms with Gasteiger partial charge in [0.05, 0.1) is 28.5 Å². The molecule has 204 valence electrons. The lowest BCUT2D eigenvalue weighted by atomic mass is 10.0. The first-order valence-corrected chi connectivity index (χ1v) is 15.3. The smallest absolute Gasteiger partial charge is 0.407 e. The molecule has 10 nitrogen and oxygen atoms in total. The number of sulfonamides is 1. The number of rotatable bonds is 11. The number of aliphatic hydroxyl groups excluding tert-OH is 1. The van der Waals surface area contributed by atoms with E-state index in [-0.39, 0.29) is 54.0 Å². The van der Waals surface area contributed by atoms with Crippen molar-refractivity contribution < 1.29 is 36.6 Å². The van der Waals surface area contributed by atoms with Gasteiger partial charge in [0.25, 0.3) is 0 Å². The van der Waals surface area contributed by atoms with Crippen molar-refractivity contribution in [3.63, 3.8) is 0 Å². The first kappa shape index (κ1) is 28.9. The van der Waals surface area contributed by atoms with Crippen molar-refractivity contribution in [3.05, 3.63) is 60.2 Å². The zero-order valence-electron chi connectivity index (χ0n) is 20.9. The van der Waals surface area contributed by atoms with Crippen molar-refractivity contribution in [1.82, 2.24) is 9.62 Å². The molecule has 37 heavy (non-hydrogen) atoms. The molecule has 12 heteroatoms. The van der Waals surface area contributed by atoms with Gasteiger partial charge in [0.1, 0.15) is 11.9 Å². The number of phenolic OH excluding ortho intramolecular Hbond substituents is 1. The van der Waals surface area contributed by atoms with E-state index in [1.54, 1.807) is 12.1 Å². The summed E-state index contributed by atoms with van der Waals surface area (Å²) >= 11 is 0. The lowest BCUT2D eigenvalue weighted by Crippen LogP contribution is -2.51. The third-order valence-corrected chi connectivity index (χ3v) is 9.55. The highest BCUT2D eigenvalue weighted by Crippen LogP contribution is 2.21. The third kappa shape index (κ3) is 8.42. The number of benzene rings is 2. The minimum atomic E-state index is -4.02. The topological polar surface area (TPSA) is 150 Å². The van der Waals surface area contributed by atoms with Crippen LogP contribution in [-0.2, 0) is 31.0 Å². The van der Waals surface area contributed by atoms with Crippen LogP contribution >= 0.6 is 0 Å². The molecule has 0 spiro atoms. The Balaban J connectivity index is 1.80. The molecule has 2 aromatic rings. The zero-order valence-corrected chi connectivity index (χ0v) is 22.5. The highest BCUT2D eigenvalue weighted by atomic mass is 32.2. The Morgan fingerprint density at radius 1 is 1.11 bits per heavy atom. The van der Waals surface area contributed by atoms with Crippen LogP contribution in [0, 0.1) is 5.92 Å². The Labute approximate surface area is 218 Å². The van der Waals surface area contributed by atoms with Crippen LogP contribution in [0.5, 0.6) is 5.75 Å². The molecule has 1 aliphatic heterocycles. The number of sulfone groups is 1. The maximum Gasteiger partial charge on any atom is 0.407 e. The van der Waals surface area contributed by atoms with E-state index in [1.165, 1.54) is 24.3 Å². The number of nitrogens with zero attached hydrogens (tertiary/aromatic N) is 1. The van der Waals surface area contributed by atoms with Gasteiger partial charge in [-0.05, 0) is 48.6 Å². The SMILES string of the molecule is CC(C)CN(C[C@@H](O)[C@H](Cc1ccccc1)NC(=O)O[C@H]1CCS(=O)(=O)C1)S(=O)(=O)c1ccc(O)cc1. The second-order valence-electron chi connectivity index (χ2n) is 9.65. The Hall–Kier alpha value is -2.67. The fraction of sp³-hybridized carbons (Fsp3) is 0.480. The van der Waals surface area contributed by atoms with Gasteiger partial charge in [-0.1, -0.05) is 44.2 Å². The number of carbonyl (C=O) groups excluding carboxylic acids is 1. The molecule has 1 amide bonds. The highest BCUT2D eigenvalue weighted by molar-refractivity contribution is 7.91.